The molecule has 19 heavy (non-hydrogen) atoms. The van der Waals surface area contributed by atoms with E-state index in [1.165, 1.54) is 19.3 Å². The molecule has 0 saturated heterocycles. The molecule has 0 aromatic carbocycles. The van der Waals surface area contributed by atoms with Crippen LogP contribution in [0.2, 0.25) is 0 Å². The number of rotatable bonds is 5. The van der Waals surface area contributed by atoms with Crippen molar-refractivity contribution in [3.63, 3.8) is 0 Å². The molecule has 0 spiro atoms. The van der Waals surface area contributed by atoms with E-state index >= 15 is 0 Å². The van der Waals surface area contributed by atoms with Crippen LogP contribution >= 0.6 is 0 Å². The monoisotopic (exact) mass is 266 g/mol. The second-order valence-corrected chi connectivity index (χ2v) is 6.20. The molecule has 2 amide bonds. The molecule has 0 aromatic rings. The number of nitrogens with two attached hydrogens (primary N) is 1. The highest BCUT2D eigenvalue weighted by Gasteiger charge is 2.30. The molecule has 0 unspecified atom stereocenters. The summed E-state index contributed by atoms with van der Waals surface area (Å²) in [5.41, 5.74) is 5.47. The first kappa shape index (κ1) is 14.4. The van der Waals surface area contributed by atoms with Crippen LogP contribution in [0.15, 0.2) is 0 Å². The molecule has 2 aliphatic rings. The third kappa shape index (κ3) is 4.22. The summed E-state index contributed by atoms with van der Waals surface area (Å²) < 4.78 is 0. The van der Waals surface area contributed by atoms with Crippen molar-refractivity contribution in [2.75, 3.05) is 0 Å². The molecule has 4 heteroatoms. The van der Waals surface area contributed by atoms with Crippen molar-refractivity contribution < 1.29 is 9.59 Å². The molecule has 2 saturated carbocycles. The normalized spacial score (nSPS) is 23.2. The van der Waals surface area contributed by atoms with Gasteiger partial charge in [0.1, 0.15) is 6.04 Å². The predicted octanol–water partition coefficient (Wildman–Crippen LogP) is 2.12. The smallest absolute Gasteiger partial charge is 0.240 e. The average molecular weight is 266 g/mol. The number of carbonyl (C=O) groups excluding carboxylic acids is 2. The molecule has 0 aliphatic heterocycles. The van der Waals surface area contributed by atoms with E-state index in [9.17, 15) is 9.59 Å². The van der Waals surface area contributed by atoms with Gasteiger partial charge < -0.3 is 11.1 Å². The highest BCUT2D eigenvalue weighted by atomic mass is 16.2. The van der Waals surface area contributed by atoms with Gasteiger partial charge in [0, 0.05) is 6.42 Å². The summed E-state index contributed by atoms with van der Waals surface area (Å²) in [7, 11) is 0. The Hall–Kier alpha value is -1.06. The van der Waals surface area contributed by atoms with Crippen LogP contribution in [0.25, 0.3) is 0 Å². The van der Waals surface area contributed by atoms with E-state index in [0.717, 1.165) is 38.5 Å². The van der Waals surface area contributed by atoms with E-state index in [1.54, 1.807) is 0 Å². The molecule has 108 valence electrons. The van der Waals surface area contributed by atoms with Gasteiger partial charge in [-0.15, -0.1) is 0 Å². The van der Waals surface area contributed by atoms with Crippen LogP contribution in [0.3, 0.4) is 0 Å². The maximum absolute atomic E-state index is 12.0. The van der Waals surface area contributed by atoms with Crippen LogP contribution < -0.4 is 11.1 Å². The number of primary amides is 1. The molecule has 1 atom stereocenters. The van der Waals surface area contributed by atoms with Gasteiger partial charge in [-0.1, -0.05) is 32.1 Å². The van der Waals surface area contributed by atoms with Gasteiger partial charge in [-0.25, -0.2) is 0 Å². The third-order valence-corrected chi connectivity index (χ3v) is 4.69. The van der Waals surface area contributed by atoms with Crippen molar-refractivity contribution in [3.8, 4) is 0 Å². The largest absolute Gasteiger partial charge is 0.368 e. The first-order chi connectivity index (χ1) is 9.16. The first-order valence-electron chi connectivity index (χ1n) is 7.75. The molecule has 0 heterocycles. The summed E-state index contributed by atoms with van der Waals surface area (Å²) in [5.74, 6) is 0.409. The summed E-state index contributed by atoms with van der Waals surface area (Å²) in [6.45, 7) is 0. The Kier molecular flexibility index (Phi) is 5.23. The van der Waals surface area contributed by atoms with Crippen molar-refractivity contribution in [2.45, 2.75) is 70.3 Å². The Balaban J connectivity index is 1.84. The number of hydrogen-bond acceptors (Lipinski definition) is 2. The molecule has 0 aromatic heterocycles. The van der Waals surface area contributed by atoms with Crippen LogP contribution in [0.1, 0.15) is 64.2 Å². The van der Waals surface area contributed by atoms with Crippen molar-refractivity contribution in [1.82, 2.24) is 5.32 Å². The number of carbonyl (C=O) groups is 2. The van der Waals surface area contributed by atoms with Gasteiger partial charge in [0.05, 0.1) is 0 Å². The van der Waals surface area contributed by atoms with E-state index in [2.05, 4.69) is 5.32 Å². The Labute approximate surface area is 115 Å². The number of hydrogen-bond donors (Lipinski definition) is 2. The lowest BCUT2D eigenvalue weighted by atomic mass is 9.83. The van der Waals surface area contributed by atoms with Crippen molar-refractivity contribution in [3.05, 3.63) is 0 Å². The Morgan fingerprint density at radius 1 is 1.00 bits per heavy atom. The Bertz CT molecular complexity index is 318. The molecule has 3 N–H and O–H groups in total. The molecule has 4 nitrogen and oxygen atoms in total. The Morgan fingerprint density at radius 3 is 2.16 bits per heavy atom. The summed E-state index contributed by atoms with van der Waals surface area (Å²) in [4.78, 5) is 23.6. The summed E-state index contributed by atoms with van der Waals surface area (Å²) in [6, 6.07) is -0.450. The highest BCUT2D eigenvalue weighted by Crippen LogP contribution is 2.29. The van der Waals surface area contributed by atoms with Crippen LogP contribution in [0.4, 0.5) is 0 Å². The molecule has 0 bridgehead atoms. The Morgan fingerprint density at radius 2 is 1.58 bits per heavy atom. The minimum absolute atomic E-state index is 0.0151. The fourth-order valence-electron chi connectivity index (χ4n) is 3.60. The average Bonchev–Trinajstić information content (AvgIpc) is 2.89. The minimum Gasteiger partial charge on any atom is -0.368 e. The van der Waals surface area contributed by atoms with Crippen LogP contribution in [-0.2, 0) is 9.59 Å². The lowest BCUT2D eigenvalue weighted by Gasteiger charge is -2.29. The van der Waals surface area contributed by atoms with Crippen LogP contribution in [-0.4, -0.2) is 17.9 Å². The van der Waals surface area contributed by atoms with E-state index in [4.69, 9.17) is 5.73 Å². The van der Waals surface area contributed by atoms with Crippen LogP contribution in [0.5, 0.6) is 0 Å². The quantitative estimate of drug-likeness (QED) is 0.800. The molecule has 2 rings (SSSR count). The highest BCUT2D eigenvalue weighted by molar-refractivity contribution is 5.86. The molecular formula is C15H26N2O2. The van der Waals surface area contributed by atoms with Crippen LogP contribution in [0, 0.1) is 11.8 Å². The zero-order valence-corrected chi connectivity index (χ0v) is 11.7. The lowest BCUT2D eigenvalue weighted by Crippen LogP contribution is -2.49. The fourth-order valence-corrected chi connectivity index (χ4v) is 3.60. The van der Waals surface area contributed by atoms with E-state index in [0.29, 0.717) is 12.3 Å². The molecule has 2 fully saturated rings. The van der Waals surface area contributed by atoms with Gasteiger partial charge >= 0.3 is 0 Å². The SMILES string of the molecule is NC(=O)[C@H](NC(=O)CC1CCCC1)C1CCCCC1. The lowest BCUT2D eigenvalue weighted by molar-refractivity contribution is -0.129. The molecular weight excluding hydrogens is 240 g/mol. The predicted molar refractivity (Wildman–Crippen MR) is 74.3 cm³/mol. The van der Waals surface area contributed by atoms with Gasteiger partial charge in [0.15, 0.2) is 0 Å². The van der Waals surface area contributed by atoms with Crippen molar-refractivity contribution in [1.29, 1.82) is 0 Å². The number of nitrogens with one attached hydrogen (secondary N) is 1. The first-order valence-corrected chi connectivity index (χ1v) is 7.75. The summed E-state index contributed by atoms with van der Waals surface area (Å²) >= 11 is 0. The van der Waals surface area contributed by atoms with E-state index in [-0.39, 0.29) is 17.7 Å². The minimum atomic E-state index is -0.450. The van der Waals surface area contributed by atoms with E-state index in [1.807, 2.05) is 0 Å². The second kappa shape index (κ2) is 6.92. The third-order valence-electron chi connectivity index (χ3n) is 4.69. The number of amides is 2. The van der Waals surface area contributed by atoms with Gasteiger partial charge in [-0.05, 0) is 37.5 Å². The van der Waals surface area contributed by atoms with Gasteiger partial charge in [-0.2, -0.15) is 0 Å². The zero-order chi connectivity index (χ0) is 13.7. The zero-order valence-electron chi connectivity index (χ0n) is 11.7. The maximum atomic E-state index is 12.0. The van der Waals surface area contributed by atoms with Gasteiger partial charge in [-0.3, -0.25) is 9.59 Å². The van der Waals surface area contributed by atoms with Gasteiger partial charge in [0.25, 0.3) is 0 Å². The fraction of sp³-hybridized carbons (Fsp3) is 0.867. The maximum Gasteiger partial charge on any atom is 0.240 e. The van der Waals surface area contributed by atoms with E-state index < -0.39 is 6.04 Å². The topological polar surface area (TPSA) is 72.2 Å². The second-order valence-electron chi connectivity index (χ2n) is 6.20. The van der Waals surface area contributed by atoms with Crippen molar-refractivity contribution in [2.24, 2.45) is 17.6 Å². The molecule has 2 aliphatic carbocycles. The standard InChI is InChI=1S/C15H26N2O2/c16-15(19)14(12-8-2-1-3-9-12)17-13(18)10-11-6-4-5-7-11/h11-12,14H,1-10H2,(H2,16,19)(H,17,18)/t14-/m1/s1. The van der Waals surface area contributed by atoms with Gasteiger partial charge in [0.2, 0.25) is 11.8 Å². The van der Waals surface area contributed by atoms with Crippen molar-refractivity contribution >= 4 is 11.8 Å². The summed E-state index contributed by atoms with van der Waals surface area (Å²) in [5, 5.41) is 2.90. The molecule has 0 radical (unpaired) electrons. The summed E-state index contributed by atoms with van der Waals surface area (Å²) in [6.07, 6.45) is 10.9.